The summed E-state index contributed by atoms with van der Waals surface area (Å²) in [4.78, 5) is 24.9. The third kappa shape index (κ3) is 4.88. The fourth-order valence-corrected chi connectivity index (χ4v) is 3.63. The van der Waals surface area contributed by atoms with Crippen LogP contribution in [0, 0.1) is 0 Å². The summed E-state index contributed by atoms with van der Waals surface area (Å²) in [6.45, 7) is 17.5. The van der Waals surface area contributed by atoms with Crippen molar-refractivity contribution in [3.63, 3.8) is 0 Å². The number of Topliss-reactive ketones (excluding diaryl/α,β-unsaturated/α-hetero) is 1. The molecule has 0 unspecified atom stereocenters. The molecule has 0 aromatic rings. The van der Waals surface area contributed by atoms with Gasteiger partial charge < -0.3 is 18.6 Å². The van der Waals surface area contributed by atoms with Crippen molar-refractivity contribution in [2.75, 3.05) is 6.61 Å². The van der Waals surface area contributed by atoms with Crippen LogP contribution in [0.4, 0.5) is 0 Å². The summed E-state index contributed by atoms with van der Waals surface area (Å²) in [6.07, 6.45) is -2.75. The van der Waals surface area contributed by atoms with Crippen molar-refractivity contribution in [1.82, 2.24) is 0 Å². The first-order valence-electron chi connectivity index (χ1n) is 8.45. The van der Waals surface area contributed by atoms with Crippen LogP contribution in [0.2, 0.25) is 18.1 Å². The first kappa shape index (κ1) is 21.3. The summed E-state index contributed by atoms with van der Waals surface area (Å²) >= 11 is 0. The number of ketones is 1. The zero-order chi connectivity index (χ0) is 18.9. The maximum atomic E-state index is 12.8. The van der Waals surface area contributed by atoms with Crippen LogP contribution < -0.4 is 0 Å². The van der Waals surface area contributed by atoms with E-state index in [9.17, 15) is 9.59 Å². The third-order valence-corrected chi connectivity index (χ3v) is 9.13. The minimum absolute atomic E-state index is 0.0195. The predicted molar refractivity (Wildman–Crippen MR) is 93.2 cm³/mol. The lowest BCUT2D eigenvalue weighted by atomic mass is 10.1. The second-order valence-corrected chi connectivity index (χ2v) is 12.9. The molecule has 0 amide bonds. The standard InChI is InChI=1S/C17H32O6Si/c1-10-20-15(19)14-13(21-17(6,7)22-14)12(18)11(2)23-24(8,9)16(3,4)5/h11,13-14H,10H2,1-9H3/t11-,13-,14-/m0/s1. The maximum Gasteiger partial charge on any atom is 0.338 e. The summed E-state index contributed by atoms with van der Waals surface area (Å²) in [5.41, 5.74) is 0. The monoisotopic (exact) mass is 360 g/mol. The van der Waals surface area contributed by atoms with E-state index in [0.717, 1.165) is 0 Å². The van der Waals surface area contributed by atoms with Gasteiger partial charge in [-0.15, -0.1) is 0 Å². The van der Waals surface area contributed by atoms with Crippen LogP contribution in [-0.2, 0) is 28.2 Å². The van der Waals surface area contributed by atoms with Crippen LogP contribution in [0.15, 0.2) is 0 Å². The number of esters is 1. The Bertz CT molecular complexity index is 480. The lowest BCUT2D eigenvalue weighted by Crippen LogP contribution is -2.49. The number of carbonyl (C=O) groups excluding carboxylic acids is 2. The Morgan fingerprint density at radius 2 is 1.67 bits per heavy atom. The lowest BCUT2D eigenvalue weighted by molar-refractivity contribution is -0.170. The second-order valence-electron chi connectivity index (χ2n) is 8.15. The van der Waals surface area contributed by atoms with E-state index in [0.29, 0.717) is 0 Å². The van der Waals surface area contributed by atoms with Crippen molar-refractivity contribution in [3.8, 4) is 0 Å². The number of hydrogen-bond acceptors (Lipinski definition) is 6. The van der Waals surface area contributed by atoms with Gasteiger partial charge in [-0.1, -0.05) is 20.8 Å². The predicted octanol–water partition coefficient (Wildman–Crippen LogP) is 3.05. The molecule has 0 saturated carbocycles. The Kier molecular flexibility index (Phi) is 6.41. The number of rotatable bonds is 6. The van der Waals surface area contributed by atoms with E-state index >= 15 is 0 Å². The fourth-order valence-electron chi connectivity index (χ4n) is 2.27. The molecule has 3 atom stereocenters. The van der Waals surface area contributed by atoms with Gasteiger partial charge in [0.1, 0.15) is 6.10 Å². The normalized spacial score (nSPS) is 25.4. The largest absolute Gasteiger partial charge is 0.464 e. The van der Waals surface area contributed by atoms with Crippen molar-refractivity contribution in [3.05, 3.63) is 0 Å². The highest BCUT2D eigenvalue weighted by molar-refractivity contribution is 6.74. The zero-order valence-electron chi connectivity index (χ0n) is 16.4. The smallest absolute Gasteiger partial charge is 0.338 e. The van der Waals surface area contributed by atoms with E-state index in [4.69, 9.17) is 18.6 Å². The van der Waals surface area contributed by atoms with Crippen LogP contribution in [0.25, 0.3) is 0 Å². The van der Waals surface area contributed by atoms with Gasteiger partial charge in [-0.2, -0.15) is 0 Å². The van der Waals surface area contributed by atoms with Crippen molar-refractivity contribution >= 4 is 20.1 Å². The van der Waals surface area contributed by atoms with Gasteiger partial charge in [-0.3, -0.25) is 4.79 Å². The van der Waals surface area contributed by atoms with Gasteiger partial charge in [0.15, 0.2) is 32.1 Å². The average molecular weight is 361 g/mol. The number of ether oxygens (including phenoxy) is 3. The number of hydrogen-bond donors (Lipinski definition) is 0. The summed E-state index contributed by atoms with van der Waals surface area (Å²) < 4.78 is 22.4. The molecule has 0 N–H and O–H groups in total. The van der Waals surface area contributed by atoms with E-state index in [2.05, 4.69) is 33.9 Å². The minimum Gasteiger partial charge on any atom is -0.464 e. The third-order valence-electron chi connectivity index (χ3n) is 4.57. The Balaban J connectivity index is 2.92. The average Bonchev–Trinajstić information content (AvgIpc) is 2.72. The van der Waals surface area contributed by atoms with Gasteiger partial charge in [0.2, 0.25) is 0 Å². The summed E-state index contributed by atoms with van der Waals surface area (Å²) in [6, 6.07) is 0. The highest BCUT2D eigenvalue weighted by atomic mass is 28.4. The molecular weight excluding hydrogens is 328 g/mol. The molecule has 1 aliphatic heterocycles. The van der Waals surface area contributed by atoms with Crippen LogP contribution in [0.3, 0.4) is 0 Å². The van der Waals surface area contributed by atoms with Gasteiger partial charge >= 0.3 is 5.97 Å². The van der Waals surface area contributed by atoms with Gasteiger partial charge in [0, 0.05) is 0 Å². The molecular formula is C17H32O6Si. The van der Waals surface area contributed by atoms with Gasteiger partial charge in [-0.25, -0.2) is 4.79 Å². The first-order valence-corrected chi connectivity index (χ1v) is 11.4. The van der Waals surface area contributed by atoms with Crippen LogP contribution in [0.5, 0.6) is 0 Å². The van der Waals surface area contributed by atoms with E-state index in [1.165, 1.54) is 0 Å². The molecule has 0 aliphatic carbocycles. The Morgan fingerprint density at radius 3 is 2.12 bits per heavy atom. The Labute approximate surface area is 146 Å². The molecule has 7 heteroatoms. The van der Waals surface area contributed by atoms with Crippen molar-refractivity contribution in [1.29, 1.82) is 0 Å². The quantitative estimate of drug-likeness (QED) is 0.535. The first-order chi connectivity index (χ1) is 10.7. The van der Waals surface area contributed by atoms with Crippen molar-refractivity contribution in [2.24, 2.45) is 0 Å². The summed E-state index contributed by atoms with van der Waals surface area (Å²) in [5, 5.41) is -0.0195. The SMILES string of the molecule is CCOC(=O)[C@H]1OC(C)(C)O[C@H]1C(=O)[C@H](C)O[Si](C)(C)C(C)(C)C. The lowest BCUT2D eigenvalue weighted by Gasteiger charge is -2.38. The zero-order valence-corrected chi connectivity index (χ0v) is 17.4. The molecule has 1 heterocycles. The van der Waals surface area contributed by atoms with E-state index < -0.39 is 38.4 Å². The Morgan fingerprint density at radius 1 is 1.17 bits per heavy atom. The molecule has 140 valence electrons. The summed E-state index contributed by atoms with van der Waals surface area (Å²) in [7, 11) is -2.12. The maximum absolute atomic E-state index is 12.8. The van der Waals surface area contributed by atoms with Gasteiger partial charge in [-0.05, 0) is 45.8 Å². The highest BCUT2D eigenvalue weighted by Crippen LogP contribution is 2.38. The molecule has 0 radical (unpaired) electrons. The molecule has 0 spiro atoms. The second kappa shape index (κ2) is 7.23. The topological polar surface area (TPSA) is 71.1 Å². The van der Waals surface area contributed by atoms with Gasteiger partial charge in [0.05, 0.1) is 6.61 Å². The van der Waals surface area contributed by atoms with Crippen LogP contribution >= 0.6 is 0 Å². The molecule has 0 aromatic heterocycles. The van der Waals surface area contributed by atoms with E-state index in [-0.39, 0.29) is 17.4 Å². The molecule has 1 rings (SSSR count). The molecule has 1 aliphatic rings. The molecule has 24 heavy (non-hydrogen) atoms. The fraction of sp³-hybridized carbons (Fsp3) is 0.882. The Hall–Kier alpha value is -0.763. The van der Waals surface area contributed by atoms with Crippen molar-refractivity contribution in [2.45, 2.75) is 90.7 Å². The van der Waals surface area contributed by atoms with Crippen LogP contribution in [-0.4, -0.2) is 50.8 Å². The minimum atomic E-state index is -2.12. The van der Waals surface area contributed by atoms with Gasteiger partial charge in [0.25, 0.3) is 0 Å². The van der Waals surface area contributed by atoms with E-state index in [1.54, 1.807) is 27.7 Å². The molecule has 1 fully saturated rings. The molecule has 0 aromatic carbocycles. The van der Waals surface area contributed by atoms with E-state index in [1.807, 2.05) is 0 Å². The van der Waals surface area contributed by atoms with Crippen LogP contribution in [0.1, 0.15) is 48.5 Å². The molecule has 1 saturated heterocycles. The molecule has 6 nitrogen and oxygen atoms in total. The van der Waals surface area contributed by atoms with Crippen molar-refractivity contribution < 1.29 is 28.2 Å². The molecule has 0 bridgehead atoms. The highest BCUT2D eigenvalue weighted by Gasteiger charge is 2.51. The summed E-state index contributed by atoms with van der Waals surface area (Å²) in [5.74, 6) is -1.89. The number of carbonyl (C=O) groups is 2.